The number of carbonyl (C=O) groups excluding carboxylic acids is 1. The van der Waals surface area contributed by atoms with Crippen molar-refractivity contribution in [3.8, 4) is 34.8 Å². The number of para-hydroxylation sites is 2. The van der Waals surface area contributed by atoms with Gasteiger partial charge in [0.1, 0.15) is 46.0 Å². The van der Waals surface area contributed by atoms with Crippen LogP contribution < -0.4 is 24.7 Å². The predicted octanol–water partition coefficient (Wildman–Crippen LogP) is 6.31. The number of carbonyl (C=O) groups is 1. The molecule has 1 heterocycles. The van der Waals surface area contributed by atoms with Crippen molar-refractivity contribution in [1.82, 2.24) is 0 Å². The van der Waals surface area contributed by atoms with Gasteiger partial charge in [-0.2, -0.15) is 5.26 Å². The average Bonchev–Trinajstić information content (AvgIpc) is 2.93. The van der Waals surface area contributed by atoms with Crippen molar-refractivity contribution in [2.75, 3.05) is 6.61 Å². The van der Waals surface area contributed by atoms with Gasteiger partial charge in [-0.1, -0.05) is 48.5 Å². The van der Waals surface area contributed by atoms with Crippen LogP contribution in [0.5, 0.6) is 28.7 Å². The fourth-order valence-corrected chi connectivity index (χ4v) is 4.30. The molecule has 38 heavy (non-hydrogen) atoms. The van der Waals surface area contributed by atoms with E-state index < -0.39 is 11.9 Å². The minimum atomic E-state index is -0.562. The van der Waals surface area contributed by atoms with E-state index in [1.54, 1.807) is 42.5 Å². The third-order valence-corrected chi connectivity index (χ3v) is 5.98. The number of nitrogens with two attached hydrogens (primary N) is 1. The molecule has 0 spiro atoms. The van der Waals surface area contributed by atoms with Crippen molar-refractivity contribution in [3.63, 3.8) is 0 Å². The molecule has 7 heteroatoms. The van der Waals surface area contributed by atoms with Crippen LogP contribution >= 0.6 is 0 Å². The van der Waals surface area contributed by atoms with Crippen LogP contribution in [0.2, 0.25) is 0 Å². The third-order valence-electron chi connectivity index (χ3n) is 5.98. The van der Waals surface area contributed by atoms with Gasteiger partial charge < -0.3 is 24.7 Å². The third kappa shape index (κ3) is 5.01. The molecule has 188 valence electrons. The second-order valence-electron chi connectivity index (χ2n) is 8.43. The van der Waals surface area contributed by atoms with Gasteiger partial charge in [0.2, 0.25) is 5.88 Å². The fourth-order valence-electron chi connectivity index (χ4n) is 4.30. The smallest absolute Gasteiger partial charge is 0.347 e. The van der Waals surface area contributed by atoms with Crippen LogP contribution in [-0.4, -0.2) is 12.6 Å². The summed E-state index contributed by atoms with van der Waals surface area (Å²) < 4.78 is 23.0. The first-order chi connectivity index (χ1) is 18.6. The van der Waals surface area contributed by atoms with E-state index in [1.807, 2.05) is 61.5 Å². The van der Waals surface area contributed by atoms with Crippen LogP contribution in [0.4, 0.5) is 0 Å². The molecule has 2 N–H and O–H groups in total. The summed E-state index contributed by atoms with van der Waals surface area (Å²) in [6, 6.07) is 31.0. The van der Waals surface area contributed by atoms with Gasteiger partial charge in [0, 0.05) is 11.6 Å². The number of esters is 1. The Morgan fingerprint density at radius 2 is 1.68 bits per heavy atom. The van der Waals surface area contributed by atoms with E-state index in [1.165, 1.54) is 0 Å². The average molecular weight is 505 g/mol. The molecule has 0 bridgehead atoms. The Labute approximate surface area is 220 Å². The van der Waals surface area contributed by atoms with Crippen molar-refractivity contribution in [2.45, 2.75) is 12.8 Å². The molecule has 0 radical (unpaired) electrons. The van der Waals surface area contributed by atoms with E-state index >= 15 is 0 Å². The standard InChI is InChI=1S/C31H24N2O5/c1-2-35-27-14-7-6-13-25(27)31(34)37-23-15-16-24-28(18-23)38-30(33)26(19-32)29(24)20-9-8-12-22(17-20)36-21-10-4-3-5-11-21/h3-18,29H,2,33H2,1H3. The van der Waals surface area contributed by atoms with Crippen molar-refractivity contribution in [1.29, 1.82) is 5.26 Å². The maximum Gasteiger partial charge on any atom is 0.347 e. The number of fused-ring (bicyclic) bond motifs is 1. The first-order valence-electron chi connectivity index (χ1n) is 12.1. The molecule has 4 aromatic carbocycles. The molecular weight excluding hydrogens is 480 g/mol. The van der Waals surface area contributed by atoms with Gasteiger partial charge >= 0.3 is 5.97 Å². The highest BCUT2D eigenvalue weighted by Crippen LogP contribution is 2.44. The fraction of sp³-hybridized carbons (Fsp3) is 0.0968. The molecule has 5 rings (SSSR count). The maximum absolute atomic E-state index is 12.9. The van der Waals surface area contributed by atoms with Crippen LogP contribution in [0.3, 0.4) is 0 Å². The molecule has 0 aromatic heterocycles. The second kappa shape index (κ2) is 10.8. The van der Waals surface area contributed by atoms with Gasteiger partial charge in [-0.05, 0) is 55.0 Å². The zero-order chi connectivity index (χ0) is 26.5. The quantitative estimate of drug-likeness (QED) is 0.232. The van der Waals surface area contributed by atoms with E-state index in [4.69, 9.17) is 24.7 Å². The van der Waals surface area contributed by atoms with Crippen LogP contribution in [-0.2, 0) is 0 Å². The summed E-state index contributed by atoms with van der Waals surface area (Å²) >= 11 is 0. The Morgan fingerprint density at radius 1 is 0.921 bits per heavy atom. The van der Waals surface area contributed by atoms with Crippen molar-refractivity contribution >= 4 is 5.97 Å². The number of nitriles is 1. The van der Waals surface area contributed by atoms with Crippen molar-refractivity contribution in [2.24, 2.45) is 5.73 Å². The molecule has 1 aliphatic heterocycles. The number of nitrogens with zero attached hydrogens (tertiary/aromatic N) is 1. The van der Waals surface area contributed by atoms with E-state index in [9.17, 15) is 10.1 Å². The number of benzene rings is 4. The summed E-state index contributed by atoms with van der Waals surface area (Å²) in [5, 5.41) is 9.91. The summed E-state index contributed by atoms with van der Waals surface area (Å²) in [6.07, 6.45) is 0. The van der Waals surface area contributed by atoms with Gasteiger partial charge in [-0.25, -0.2) is 4.79 Å². The lowest BCUT2D eigenvalue weighted by Gasteiger charge is -2.27. The maximum atomic E-state index is 12.9. The molecule has 0 fully saturated rings. The molecule has 0 saturated carbocycles. The Kier molecular flexibility index (Phi) is 6.96. The molecule has 1 unspecified atom stereocenters. The molecule has 0 aliphatic carbocycles. The van der Waals surface area contributed by atoms with Crippen LogP contribution in [0.25, 0.3) is 0 Å². The molecule has 0 amide bonds. The first-order valence-corrected chi connectivity index (χ1v) is 12.1. The van der Waals surface area contributed by atoms with Gasteiger partial charge in [0.05, 0.1) is 12.5 Å². The molecule has 4 aromatic rings. The summed E-state index contributed by atoms with van der Waals surface area (Å²) in [7, 11) is 0. The normalized spacial score (nSPS) is 14.1. The highest BCUT2D eigenvalue weighted by molar-refractivity contribution is 5.94. The van der Waals surface area contributed by atoms with Gasteiger partial charge in [0.15, 0.2) is 0 Å². The lowest BCUT2D eigenvalue weighted by atomic mass is 9.83. The summed E-state index contributed by atoms with van der Waals surface area (Å²) in [6.45, 7) is 2.26. The monoisotopic (exact) mass is 504 g/mol. The Morgan fingerprint density at radius 3 is 2.47 bits per heavy atom. The summed E-state index contributed by atoms with van der Waals surface area (Å²) in [5.74, 6) is 1.36. The number of hydrogen-bond acceptors (Lipinski definition) is 7. The number of rotatable bonds is 7. The van der Waals surface area contributed by atoms with Gasteiger partial charge in [0.25, 0.3) is 0 Å². The first kappa shape index (κ1) is 24.5. The minimum absolute atomic E-state index is 0.00968. The number of hydrogen-bond donors (Lipinski definition) is 1. The topological polar surface area (TPSA) is 104 Å². The Bertz CT molecular complexity index is 1560. The molecule has 1 aliphatic rings. The predicted molar refractivity (Wildman–Crippen MR) is 141 cm³/mol. The Balaban J connectivity index is 1.46. The SMILES string of the molecule is CCOc1ccccc1C(=O)Oc1ccc2c(c1)OC(N)=C(C#N)C2c1cccc(Oc2ccccc2)c1. The van der Waals surface area contributed by atoms with E-state index in [2.05, 4.69) is 6.07 Å². The summed E-state index contributed by atoms with van der Waals surface area (Å²) in [5.41, 5.74) is 8.28. The number of ether oxygens (including phenoxy) is 4. The van der Waals surface area contributed by atoms with E-state index in [0.29, 0.717) is 40.7 Å². The van der Waals surface area contributed by atoms with Crippen LogP contribution in [0.15, 0.2) is 109 Å². The minimum Gasteiger partial charge on any atom is -0.493 e. The molecule has 1 atom stereocenters. The van der Waals surface area contributed by atoms with E-state index in [-0.39, 0.29) is 17.2 Å². The highest BCUT2D eigenvalue weighted by Gasteiger charge is 2.31. The van der Waals surface area contributed by atoms with Crippen molar-refractivity contribution < 1.29 is 23.7 Å². The van der Waals surface area contributed by atoms with Crippen LogP contribution in [0, 0.1) is 11.3 Å². The zero-order valence-corrected chi connectivity index (χ0v) is 20.6. The summed E-state index contributed by atoms with van der Waals surface area (Å²) in [4.78, 5) is 12.9. The van der Waals surface area contributed by atoms with Gasteiger partial charge in [-0.15, -0.1) is 0 Å². The highest BCUT2D eigenvalue weighted by atomic mass is 16.5. The van der Waals surface area contributed by atoms with Gasteiger partial charge in [-0.3, -0.25) is 0 Å². The molecule has 0 saturated heterocycles. The lowest BCUT2D eigenvalue weighted by molar-refractivity contribution is 0.0730. The lowest BCUT2D eigenvalue weighted by Crippen LogP contribution is -2.21. The van der Waals surface area contributed by atoms with E-state index in [0.717, 1.165) is 5.56 Å². The molecule has 7 nitrogen and oxygen atoms in total. The van der Waals surface area contributed by atoms with Crippen LogP contribution in [0.1, 0.15) is 34.3 Å². The second-order valence-corrected chi connectivity index (χ2v) is 8.43. The zero-order valence-electron chi connectivity index (χ0n) is 20.6. The molecular formula is C31H24N2O5. The largest absolute Gasteiger partial charge is 0.493 e. The number of allylic oxidation sites excluding steroid dienone is 1. The Hall–Kier alpha value is -5.22. The van der Waals surface area contributed by atoms with Crippen molar-refractivity contribution in [3.05, 3.63) is 125 Å².